The number of nitrogens with two attached hydrogens (primary N) is 1. The second-order valence-corrected chi connectivity index (χ2v) is 4.27. The summed E-state index contributed by atoms with van der Waals surface area (Å²) < 4.78 is 0. The van der Waals surface area contributed by atoms with E-state index < -0.39 is 0 Å². The summed E-state index contributed by atoms with van der Waals surface area (Å²) in [6.07, 6.45) is 4.39. The maximum absolute atomic E-state index is 11.5. The highest BCUT2D eigenvalue weighted by Gasteiger charge is 2.12. The normalized spacial score (nSPS) is 11.1. The first-order valence-corrected chi connectivity index (χ1v) is 4.96. The number of aromatic nitrogens is 1. The van der Waals surface area contributed by atoms with Gasteiger partial charge in [0.05, 0.1) is 0 Å². The molecule has 0 saturated carbocycles. The van der Waals surface area contributed by atoms with Crippen molar-refractivity contribution < 1.29 is 4.79 Å². The average molecular weight is 207 g/mol. The Kier molecular flexibility index (Phi) is 3.80. The third kappa shape index (κ3) is 5.12. The van der Waals surface area contributed by atoms with Crippen molar-refractivity contribution in [1.82, 2.24) is 4.98 Å². The third-order valence-electron chi connectivity index (χ3n) is 1.96. The summed E-state index contributed by atoms with van der Waals surface area (Å²) in [6, 6.07) is 3.51. The number of rotatable bonds is 4. The Hall–Kier alpha value is -1.42. The molecule has 0 fully saturated rings. The number of pyridine rings is 1. The van der Waals surface area contributed by atoms with Gasteiger partial charge in [0.25, 0.3) is 0 Å². The first-order valence-electron chi connectivity index (χ1n) is 4.96. The molecule has 4 heteroatoms. The van der Waals surface area contributed by atoms with E-state index in [0.29, 0.717) is 12.8 Å². The van der Waals surface area contributed by atoms with Crippen molar-refractivity contribution >= 4 is 11.6 Å². The van der Waals surface area contributed by atoms with E-state index >= 15 is 0 Å². The van der Waals surface area contributed by atoms with Crippen LogP contribution in [-0.4, -0.2) is 16.4 Å². The predicted molar refractivity (Wildman–Crippen MR) is 60.4 cm³/mol. The lowest BCUT2D eigenvalue weighted by Gasteiger charge is -2.17. The fourth-order valence-corrected chi connectivity index (χ4v) is 1.09. The fraction of sp³-hybridized carbons (Fsp3) is 0.455. The minimum absolute atomic E-state index is 0.0141. The molecule has 0 aliphatic rings. The maximum atomic E-state index is 11.5. The van der Waals surface area contributed by atoms with Crippen molar-refractivity contribution in [2.24, 2.45) is 5.73 Å². The zero-order valence-corrected chi connectivity index (χ0v) is 9.16. The van der Waals surface area contributed by atoms with E-state index in [1.54, 1.807) is 24.5 Å². The second kappa shape index (κ2) is 4.89. The van der Waals surface area contributed by atoms with Crippen molar-refractivity contribution in [2.45, 2.75) is 32.2 Å². The smallest absolute Gasteiger partial charge is 0.224 e. The third-order valence-corrected chi connectivity index (χ3v) is 1.96. The standard InChI is InChI=1S/C11H17N3O/c1-11(2,12)6-3-10(15)14-9-4-7-13-8-5-9/h4-5,7-8H,3,6,12H2,1-2H3,(H,13,14,15). The first-order chi connectivity index (χ1) is 6.97. The van der Waals surface area contributed by atoms with Crippen LogP contribution in [-0.2, 0) is 4.79 Å². The molecule has 1 amide bonds. The van der Waals surface area contributed by atoms with Gasteiger partial charge in [0.15, 0.2) is 0 Å². The van der Waals surface area contributed by atoms with E-state index in [9.17, 15) is 4.79 Å². The van der Waals surface area contributed by atoms with E-state index in [4.69, 9.17) is 5.73 Å². The van der Waals surface area contributed by atoms with Crippen LogP contribution in [0.15, 0.2) is 24.5 Å². The number of nitrogens with zero attached hydrogens (tertiary/aromatic N) is 1. The first kappa shape index (κ1) is 11.7. The van der Waals surface area contributed by atoms with Gasteiger partial charge in [-0.25, -0.2) is 0 Å². The lowest BCUT2D eigenvalue weighted by Crippen LogP contribution is -2.33. The topological polar surface area (TPSA) is 68.0 Å². The minimum Gasteiger partial charge on any atom is -0.326 e. The molecule has 3 N–H and O–H groups in total. The summed E-state index contributed by atoms with van der Waals surface area (Å²) in [7, 11) is 0. The molecule has 4 nitrogen and oxygen atoms in total. The highest BCUT2D eigenvalue weighted by Crippen LogP contribution is 2.09. The average Bonchev–Trinajstić information content (AvgIpc) is 2.15. The van der Waals surface area contributed by atoms with Gasteiger partial charge in [0.2, 0.25) is 5.91 Å². The Balaban J connectivity index is 2.38. The van der Waals surface area contributed by atoms with E-state index in [1.165, 1.54) is 0 Å². The highest BCUT2D eigenvalue weighted by molar-refractivity contribution is 5.90. The molecule has 1 aromatic rings. The molecule has 0 radical (unpaired) electrons. The molecule has 1 rings (SSSR count). The number of hydrogen-bond donors (Lipinski definition) is 2. The van der Waals surface area contributed by atoms with E-state index in [2.05, 4.69) is 10.3 Å². The molecule has 0 aromatic carbocycles. The largest absolute Gasteiger partial charge is 0.326 e. The summed E-state index contributed by atoms with van der Waals surface area (Å²) in [4.78, 5) is 15.3. The summed E-state index contributed by atoms with van der Waals surface area (Å²) in [5.74, 6) is -0.0141. The Labute approximate surface area is 89.9 Å². The molecule has 0 atom stereocenters. The Morgan fingerprint density at radius 2 is 2.07 bits per heavy atom. The summed E-state index contributed by atoms with van der Waals surface area (Å²) in [6.45, 7) is 3.82. The molecule has 82 valence electrons. The maximum Gasteiger partial charge on any atom is 0.224 e. The van der Waals surface area contributed by atoms with Crippen LogP contribution in [0.3, 0.4) is 0 Å². The molecule has 15 heavy (non-hydrogen) atoms. The summed E-state index contributed by atoms with van der Waals surface area (Å²) in [5.41, 5.74) is 6.26. The highest BCUT2D eigenvalue weighted by atomic mass is 16.1. The number of amides is 1. The molecule has 0 saturated heterocycles. The quantitative estimate of drug-likeness (QED) is 0.786. The monoisotopic (exact) mass is 207 g/mol. The van der Waals surface area contributed by atoms with Crippen molar-refractivity contribution in [3.8, 4) is 0 Å². The molecule has 0 aliphatic heterocycles. The SMILES string of the molecule is CC(C)(N)CCC(=O)Nc1ccncc1. The summed E-state index contributed by atoms with van der Waals surface area (Å²) >= 11 is 0. The minimum atomic E-state index is -0.296. The van der Waals surface area contributed by atoms with Gasteiger partial charge in [-0.1, -0.05) is 0 Å². The number of carbonyl (C=O) groups excluding carboxylic acids is 1. The van der Waals surface area contributed by atoms with Gasteiger partial charge >= 0.3 is 0 Å². The number of nitrogens with one attached hydrogen (secondary N) is 1. The van der Waals surface area contributed by atoms with Crippen LogP contribution in [0.25, 0.3) is 0 Å². The van der Waals surface area contributed by atoms with Crippen LogP contribution in [0.2, 0.25) is 0 Å². The van der Waals surface area contributed by atoms with E-state index in [1.807, 2.05) is 13.8 Å². The molecule has 0 aliphatic carbocycles. The predicted octanol–water partition coefficient (Wildman–Crippen LogP) is 1.54. The molecule has 0 bridgehead atoms. The molecule has 1 aromatic heterocycles. The molecule has 0 unspecified atom stereocenters. The Bertz CT molecular complexity index is 316. The number of hydrogen-bond acceptors (Lipinski definition) is 3. The zero-order chi connectivity index (χ0) is 11.3. The van der Waals surface area contributed by atoms with E-state index in [-0.39, 0.29) is 11.4 Å². The number of anilines is 1. The van der Waals surface area contributed by atoms with Gasteiger partial charge in [-0.05, 0) is 32.4 Å². The van der Waals surface area contributed by atoms with Crippen LogP contribution in [0.5, 0.6) is 0 Å². The molecular formula is C11H17N3O. The lowest BCUT2D eigenvalue weighted by atomic mass is 10.00. The van der Waals surface area contributed by atoms with Gasteiger partial charge in [-0.15, -0.1) is 0 Å². The van der Waals surface area contributed by atoms with Gasteiger partial charge in [-0.2, -0.15) is 0 Å². The Morgan fingerprint density at radius 1 is 1.47 bits per heavy atom. The van der Waals surface area contributed by atoms with Crippen LogP contribution in [0.4, 0.5) is 5.69 Å². The van der Waals surface area contributed by atoms with Crippen LogP contribution < -0.4 is 11.1 Å². The summed E-state index contributed by atoms with van der Waals surface area (Å²) in [5, 5.41) is 2.78. The molecular weight excluding hydrogens is 190 g/mol. The molecule has 0 spiro atoms. The van der Waals surface area contributed by atoms with Gasteiger partial charge in [0.1, 0.15) is 0 Å². The van der Waals surface area contributed by atoms with Crippen molar-refractivity contribution in [1.29, 1.82) is 0 Å². The molecule has 1 heterocycles. The van der Waals surface area contributed by atoms with Crippen LogP contribution >= 0.6 is 0 Å². The van der Waals surface area contributed by atoms with Gasteiger partial charge < -0.3 is 11.1 Å². The van der Waals surface area contributed by atoms with Crippen molar-refractivity contribution in [3.63, 3.8) is 0 Å². The van der Waals surface area contributed by atoms with E-state index in [0.717, 1.165) is 5.69 Å². The second-order valence-electron chi connectivity index (χ2n) is 4.27. The van der Waals surface area contributed by atoms with Crippen molar-refractivity contribution in [3.05, 3.63) is 24.5 Å². The van der Waals surface area contributed by atoms with Crippen LogP contribution in [0.1, 0.15) is 26.7 Å². The lowest BCUT2D eigenvalue weighted by molar-refractivity contribution is -0.116. The van der Waals surface area contributed by atoms with Crippen LogP contribution in [0, 0.1) is 0 Å². The van der Waals surface area contributed by atoms with Crippen molar-refractivity contribution in [2.75, 3.05) is 5.32 Å². The number of carbonyl (C=O) groups is 1. The Morgan fingerprint density at radius 3 is 2.60 bits per heavy atom. The zero-order valence-electron chi connectivity index (χ0n) is 9.16. The van der Waals surface area contributed by atoms with Gasteiger partial charge in [-0.3, -0.25) is 9.78 Å². The van der Waals surface area contributed by atoms with Gasteiger partial charge in [0, 0.05) is 30.0 Å². The fourth-order valence-electron chi connectivity index (χ4n) is 1.09.